The lowest BCUT2D eigenvalue weighted by molar-refractivity contribution is 0.0533. The standard InChI is InChI=1S/C12H21NO2/c1-6-8-10(7-2)9-13-11(14)15-12(3,4)5/h7-8H,2,6,9H2,1,3-5H3,(H,13,14)/b10-8+. The van der Waals surface area contributed by atoms with E-state index in [9.17, 15) is 4.79 Å². The monoisotopic (exact) mass is 211 g/mol. The van der Waals surface area contributed by atoms with E-state index in [1.807, 2.05) is 33.8 Å². The first-order valence-corrected chi connectivity index (χ1v) is 5.17. The van der Waals surface area contributed by atoms with Crippen LogP contribution in [0.1, 0.15) is 34.1 Å². The molecule has 0 unspecified atom stereocenters. The molecule has 0 aliphatic carbocycles. The SMILES string of the molecule is C=C/C(=C\CC)CNC(=O)OC(C)(C)C. The van der Waals surface area contributed by atoms with Crippen molar-refractivity contribution in [3.8, 4) is 0 Å². The van der Waals surface area contributed by atoms with Gasteiger partial charge in [0, 0.05) is 6.54 Å². The Balaban J connectivity index is 4.00. The topological polar surface area (TPSA) is 38.3 Å². The highest BCUT2D eigenvalue weighted by atomic mass is 16.6. The second kappa shape index (κ2) is 6.27. The van der Waals surface area contributed by atoms with Gasteiger partial charge in [0.1, 0.15) is 5.60 Å². The van der Waals surface area contributed by atoms with E-state index in [4.69, 9.17) is 4.74 Å². The number of allylic oxidation sites excluding steroid dienone is 1. The highest BCUT2D eigenvalue weighted by molar-refractivity contribution is 5.68. The molecule has 1 N–H and O–H groups in total. The van der Waals surface area contributed by atoms with Crippen LogP contribution in [-0.2, 0) is 4.74 Å². The van der Waals surface area contributed by atoms with Crippen LogP contribution in [0.25, 0.3) is 0 Å². The summed E-state index contributed by atoms with van der Waals surface area (Å²) in [6, 6.07) is 0. The Labute approximate surface area is 92.2 Å². The molecule has 0 saturated carbocycles. The largest absolute Gasteiger partial charge is 0.444 e. The number of hydrogen-bond donors (Lipinski definition) is 1. The van der Waals surface area contributed by atoms with Crippen molar-refractivity contribution in [2.45, 2.75) is 39.7 Å². The number of carbonyl (C=O) groups is 1. The average molecular weight is 211 g/mol. The van der Waals surface area contributed by atoms with E-state index in [2.05, 4.69) is 11.9 Å². The molecule has 0 radical (unpaired) electrons. The third-order valence-electron chi connectivity index (χ3n) is 1.56. The highest BCUT2D eigenvalue weighted by Gasteiger charge is 2.15. The molecular formula is C12H21NO2. The summed E-state index contributed by atoms with van der Waals surface area (Å²) in [4.78, 5) is 11.3. The summed E-state index contributed by atoms with van der Waals surface area (Å²) < 4.78 is 5.10. The maximum Gasteiger partial charge on any atom is 0.407 e. The third kappa shape index (κ3) is 7.79. The Morgan fingerprint density at radius 1 is 1.47 bits per heavy atom. The van der Waals surface area contributed by atoms with Gasteiger partial charge in [-0.3, -0.25) is 0 Å². The van der Waals surface area contributed by atoms with Crippen molar-refractivity contribution < 1.29 is 9.53 Å². The molecule has 0 aromatic rings. The van der Waals surface area contributed by atoms with Crippen molar-refractivity contribution in [1.29, 1.82) is 0 Å². The van der Waals surface area contributed by atoms with Gasteiger partial charge in [0.05, 0.1) is 0 Å². The molecule has 3 heteroatoms. The van der Waals surface area contributed by atoms with Gasteiger partial charge in [-0.05, 0) is 32.8 Å². The van der Waals surface area contributed by atoms with Crippen LogP contribution >= 0.6 is 0 Å². The van der Waals surface area contributed by atoms with Crippen LogP contribution in [0.2, 0.25) is 0 Å². The number of rotatable bonds is 4. The number of carbonyl (C=O) groups excluding carboxylic acids is 1. The minimum absolute atomic E-state index is 0.397. The maximum atomic E-state index is 11.3. The number of hydrogen-bond acceptors (Lipinski definition) is 2. The Kier molecular flexibility index (Phi) is 5.75. The van der Waals surface area contributed by atoms with E-state index < -0.39 is 11.7 Å². The Morgan fingerprint density at radius 3 is 2.47 bits per heavy atom. The van der Waals surface area contributed by atoms with Crippen LogP contribution in [0.3, 0.4) is 0 Å². The summed E-state index contributed by atoms with van der Waals surface area (Å²) in [6.07, 6.45) is 4.29. The lowest BCUT2D eigenvalue weighted by atomic mass is 10.2. The second-order valence-electron chi connectivity index (χ2n) is 4.25. The summed E-state index contributed by atoms with van der Waals surface area (Å²) >= 11 is 0. The van der Waals surface area contributed by atoms with Crippen LogP contribution in [0.4, 0.5) is 4.79 Å². The molecule has 3 nitrogen and oxygen atoms in total. The van der Waals surface area contributed by atoms with E-state index >= 15 is 0 Å². The molecule has 0 rings (SSSR count). The predicted octanol–water partition coefficient (Wildman–Crippen LogP) is 3.03. The minimum Gasteiger partial charge on any atom is -0.444 e. The molecule has 0 saturated heterocycles. The van der Waals surface area contributed by atoms with Gasteiger partial charge in [-0.1, -0.05) is 25.7 Å². The van der Waals surface area contributed by atoms with Gasteiger partial charge in [0.25, 0.3) is 0 Å². The number of ether oxygens (including phenoxy) is 1. The fourth-order valence-electron chi connectivity index (χ4n) is 0.978. The van der Waals surface area contributed by atoms with Crippen LogP contribution in [0.5, 0.6) is 0 Å². The molecule has 0 aliphatic rings. The first kappa shape index (κ1) is 13.8. The number of amides is 1. The fourth-order valence-corrected chi connectivity index (χ4v) is 0.978. The second-order valence-corrected chi connectivity index (χ2v) is 4.25. The van der Waals surface area contributed by atoms with E-state index in [1.165, 1.54) is 0 Å². The molecule has 86 valence electrons. The summed E-state index contributed by atoms with van der Waals surface area (Å²) in [7, 11) is 0. The van der Waals surface area contributed by atoms with Crippen LogP contribution in [-0.4, -0.2) is 18.2 Å². The van der Waals surface area contributed by atoms with Crippen molar-refractivity contribution in [3.63, 3.8) is 0 Å². The van der Waals surface area contributed by atoms with Crippen LogP contribution in [0, 0.1) is 0 Å². The zero-order valence-corrected chi connectivity index (χ0v) is 10.1. The molecule has 0 heterocycles. The zero-order valence-electron chi connectivity index (χ0n) is 10.1. The van der Waals surface area contributed by atoms with Crippen molar-refractivity contribution in [3.05, 3.63) is 24.3 Å². The smallest absolute Gasteiger partial charge is 0.407 e. The van der Waals surface area contributed by atoms with Crippen LogP contribution < -0.4 is 5.32 Å². The molecule has 0 aromatic heterocycles. The van der Waals surface area contributed by atoms with Crippen molar-refractivity contribution in [1.82, 2.24) is 5.32 Å². The van der Waals surface area contributed by atoms with Gasteiger partial charge >= 0.3 is 6.09 Å². The Bertz CT molecular complexity index is 249. The van der Waals surface area contributed by atoms with Crippen molar-refractivity contribution in [2.75, 3.05) is 6.54 Å². The average Bonchev–Trinajstić information content (AvgIpc) is 2.09. The lowest BCUT2D eigenvalue weighted by Crippen LogP contribution is -2.33. The lowest BCUT2D eigenvalue weighted by Gasteiger charge is -2.19. The van der Waals surface area contributed by atoms with Crippen molar-refractivity contribution in [2.24, 2.45) is 0 Å². The molecule has 0 aliphatic heterocycles. The molecule has 15 heavy (non-hydrogen) atoms. The van der Waals surface area contributed by atoms with Gasteiger partial charge in [0.2, 0.25) is 0 Å². The Morgan fingerprint density at radius 2 is 2.07 bits per heavy atom. The third-order valence-corrected chi connectivity index (χ3v) is 1.56. The quantitative estimate of drug-likeness (QED) is 0.726. The number of alkyl carbamates (subject to hydrolysis) is 1. The van der Waals surface area contributed by atoms with Gasteiger partial charge in [-0.2, -0.15) is 0 Å². The molecule has 0 atom stereocenters. The first-order chi connectivity index (χ1) is 6.89. The summed E-state index contributed by atoms with van der Waals surface area (Å²) in [6.45, 7) is 11.7. The van der Waals surface area contributed by atoms with Crippen LogP contribution in [0.15, 0.2) is 24.3 Å². The normalized spacial score (nSPS) is 12.1. The maximum absolute atomic E-state index is 11.3. The molecule has 1 amide bonds. The minimum atomic E-state index is -0.451. The summed E-state index contributed by atoms with van der Waals surface area (Å²) in [5.41, 5.74) is 0.552. The fraction of sp³-hybridized carbons (Fsp3) is 0.583. The van der Waals surface area contributed by atoms with Gasteiger partial charge < -0.3 is 10.1 Å². The molecule has 0 spiro atoms. The van der Waals surface area contributed by atoms with E-state index in [1.54, 1.807) is 6.08 Å². The molecule has 0 aromatic carbocycles. The number of nitrogens with one attached hydrogen (secondary N) is 1. The zero-order chi connectivity index (χ0) is 11.9. The summed E-state index contributed by atoms with van der Waals surface area (Å²) in [5, 5.41) is 2.67. The van der Waals surface area contributed by atoms with Crippen molar-refractivity contribution >= 4 is 6.09 Å². The highest BCUT2D eigenvalue weighted by Crippen LogP contribution is 2.06. The van der Waals surface area contributed by atoms with Gasteiger partial charge in [0.15, 0.2) is 0 Å². The predicted molar refractivity (Wildman–Crippen MR) is 62.8 cm³/mol. The van der Waals surface area contributed by atoms with Gasteiger partial charge in [-0.25, -0.2) is 4.79 Å². The van der Waals surface area contributed by atoms with E-state index in [0.29, 0.717) is 6.54 Å². The summed E-state index contributed by atoms with van der Waals surface area (Å²) in [5.74, 6) is 0. The van der Waals surface area contributed by atoms with Gasteiger partial charge in [-0.15, -0.1) is 0 Å². The van der Waals surface area contributed by atoms with E-state index in [0.717, 1.165) is 12.0 Å². The molecule has 0 fully saturated rings. The Hall–Kier alpha value is -1.25. The molecule has 0 bridgehead atoms. The molecular weight excluding hydrogens is 190 g/mol. The van der Waals surface area contributed by atoms with E-state index in [-0.39, 0.29) is 0 Å². The first-order valence-electron chi connectivity index (χ1n) is 5.17.